The first-order valence-electron chi connectivity index (χ1n) is 6.80. The van der Waals surface area contributed by atoms with Gasteiger partial charge in [0.25, 0.3) is 0 Å². The summed E-state index contributed by atoms with van der Waals surface area (Å²) >= 11 is 5.23. The second-order valence-corrected chi connectivity index (χ2v) is 7.15. The number of hydrogen-bond acceptors (Lipinski definition) is 2. The number of thiophene rings is 1. The van der Waals surface area contributed by atoms with Crippen molar-refractivity contribution in [2.75, 3.05) is 6.54 Å². The van der Waals surface area contributed by atoms with Gasteiger partial charge in [0.2, 0.25) is 0 Å². The maximum Gasteiger partial charge on any atom is 0.0701 e. The molecule has 104 valence electrons. The highest BCUT2D eigenvalue weighted by atomic mass is 79.9. The number of fused-ring (bicyclic) bond motifs is 1. The molecule has 0 fully saturated rings. The molecular formula is C16H17BrN2S. The fourth-order valence-electron chi connectivity index (χ4n) is 2.38. The molecule has 0 aliphatic carbocycles. The van der Waals surface area contributed by atoms with Gasteiger partial charge in [-0.15, -0.1) is 11.3 Å². The lowest BCUT2D eigenvalue weighted by molar-refractivity contribution is 0.591. The van der Waals surface area contributed by atoms with Gasteiger partial charge in [0.1, 0.15) is 0 Å². The maximum absolute atomic E-state index is 3.50. The van der Waals surface area contributed by atoms with Crippen molar-refractivity contribution in [1.82, 2.24) is 9.88 Å². The summed E-state index contributed by atoms with van der Waals surface area (Å²) in [5.74, 6) is 0. The van der Waals surface area contributed by atoms with Crippen LogP contribution < -0.4 is 5.32 Å². The van der Waals surface area contributed by atoms with Crippen LogP contribution in [0.2, 0.25) is 0 Å². The molecule has 0 atom stereocenters. The lowest BCUT2D eigenvalue weighted by Gasteiger charge is -2.06. The summed E-state index contributed by atoms with van der Waals surface area (Å²) in [6.07, 6.45) is 3.32. The Labute approximate surface area is 131 Å². The minimum atomic E-state index is 0.953. The van der Waals surface area contributed by atoms with Crippen LogP contribution in [-0.4, -0.2) is 11.1 Å². The summed E-state index contributed by atoms with van der Waals surface area (Å²) in [5.41, 5.74) is 2.68. The van der Waals surface area contributed by atoms with E-state index in [1.54, 1.807) is 11.3 Å². The van der Waals surface area contributed by atoms with Gasteiger partial charge >= 0.3 is 0 Å². The fraction of sp³-hybridized carbons (Fsp3) is 0.250. The van der Waals surface area contributed by atoms with Crippen LogP contribution in [0.25, 0.3) is 10.9 Å². The molecule has 2 nitrogen and oxygen atoms in total. The number of aromatic nitrogens is 1. The van der Waals surface area contributed by atoms with E-state index >= 15 is 0 Å². The molecule has 0 spiro atoms. The van der Waals surface area contributed by atoms with Crippen LogP contribution in [0.15, 0.2) is 51.8 Å². The van der Waals surface area contributed by atoms with Crippen LogP contribution in [0.1, 0.15) is 12.0 Å². The highest BCUT2D eigenvalue weighted by Crippen LogP contribution is 2.20. The lowest BCUT2D eigenvalue weighted by Crippen LogP contribution is -2.15. The predicted octanol–water partition coefficient (Wildman–Crippen LogP) is 4.65. The molecule has 0 saturated carbocycles. The van der Waals surface area contributed by atoms with Gasteiger partial charge in [0.05, 0.1) is 3.79 Å². The number of nitrogens with zero attached hydrogens (tertiary/aromatic N) is 1. The van der Waals surface area contributed by atoms with Crippen LogP contribution in [-0.2, 0) is 13.1 Å². The van der Waals surface area contributed by atoms with Gasteiger partial charge < -0.3 is 9.88 Å². The quantitative estimate of drug-likeness (QED) is 0.641. The highest BCUT2D eigenvalue weighted by Gasteiger charge is 2.00. The second kappa shape index (κ2) is 6.57. The first-order chi connectivity index (χ1) is 9.83. The van der Waals surface area contributed by atoms with Crippen LogP contribution in [0, 0.1) is 0 Å². The van der Waals surface area contributed by atoms with Crippen LogP contribution in [0.4, 0.5) is 0 Å². The van der Waals surface area contributed by atoms with E-state index in [1.807, 2.05) is 0 Å². The van der Waals surface area contributed by atoms with Gasteiger partial charge in [-0.1, -0.05) is 18.2 Å². The topological polar surface area (TPSA) is 17.0 Å². The van der Waals surface area contributed by atoms with E-state index in [1.165, 1.54) is 20.3 Å². The third kappa shape index (κ3) is 3.32. The number of benzene rings is 1. The Morgan fingerprint density at radius 1 is 1.20 bits per heavy atom. The van der Waals surface area contributed by atoms with Crippen molar-refractivity contribution in [3.8, 4) is 0 Å². The minimum Gasteiger partial charge on any atom is -0.347 e. The molecule has 20 heavy (non-hydrogen) atoms. The summed E-state index contributed by atoms with van der Waals surface area (Å²) in [7, 11) is 0. The van der Waals surface area contributed by atoms with Gasteiger partial charge in [-0.25, -0.2) is 0 Å². The molecule has 2 heterocycles. The highest BCUT2D eigenvalue weighted by molar-refractivity contribution is 9.11. The van der Waals surface area contributed by atoms with Crippen LogP contribution in [0.5, 0.6) is 0 Å². The molecule has 4 heteroatoms. The molecular weight excluding hydrogens is 332 g/mol. The number of nitrogens with one attached hydrogen (secondary N) is 1. The maximum atomic E-state index is 3.50. The molecule has 1 N–H and O–H groups in total. The van der Waals surface area contributed by atoms with Crippen molar-refractivity contribution in [2.24, 2.45) is 0 Å². The van der Waals surface area contributed by atoms with E-state index in [4.69, 9.17) is 0 Å². The number of aryl methyl sites for hydroxylation is 1. The third-order valence-electron chi connectivity index (χ3n) is 3.38. The van der Waals surface area contributed by atoms with Crippen molar-refractivity contribution >= 4 is 38.2 Å². The normalized spacial score (nSPS) is 11.2. The average molecular weight is 349 g/mol. The first kappa shape index (κ1) is 13.9. The molecule has 0 unspecified atom stereocenters. The van der Waals surface area contributed by atoms with Crippen molar-refractivity contribution in [3.05, 3.63) is 57.3 Å². The SMILES string of the molecule is Brc1cc(CNCCCn2ccc3ccccc32)cs1. The monoisotopic (exact) mass is 348 g/mol. The molecule has 0 saturated heterocycles. The fourth-order valence-corrected chi connectivity index (χ4v) is 3.59. The summed E-state index contributed by atoms with van der Waals surface area (Å²) in [5, 5.41) is 7.01. The van der Waals surface area contributed by atoms with Gasteiger partial charge in [0.15, 0.2) is 0 Å². The molecule has 0 radical (unpaired) electrons. The summed E-state index contributed by atoms with van der Waals surface area (Å²) in [6, 6.07) is 12.9. The molecule has 0 aliphatic heterocycles. The largest absolute Gasteiger partial charge is 0.347 e. The van der Waals surface area contributed by atoms with E-state index in [9.17, 15) is 0 Å². The summed E-state index contributed by atoms with van der Waals surface area (Å²) < 4.78 is 3.53. The Morgan fingerprint density at radius 3 is 2.95 bits per heavy atom. The zero-order valence-electron chi connectivity index (χ0n) is 11.2. The number of halogens is 1. The zero-order chi connectivity index (χ0) is 13.8. The average Bonchev–Trinajstić information content (AvgIpc) is 3.05. The predicted molar refractivity (Wildman–Crippen MR) is 90.3 cm³/mol. The van der Waals surface area contributed by atoms with Gasteiger partial charge in [-0.3, -0.25) is 0 Å². The standard InChI is InChI=1S/C16H17BrN2S/c17-16-10-13(12-20-16)11-18-7-3-8-19-9-6-14-4-1-2-5-15(14)19/h1-2,4-6,9-10,12,18H,3,7-8,11H2. The Balaban J connectivity index is 1.46. The Kier molecular flexibility index (Phi) is 4.55. The van der Waals surface area contributed by atoms with Crippen molar-refractivity contribution in [1.29, 1.82) is 0 Å². The molecule has 3 rings (SSSR count). The second-order valence-electron chi connectivity index (χ2n) is 4.86. The van der Waals surface area contributed by atoms with E-state index in [0.29, 0.717) is 0 Å². The smallest absolute Gasteiger partial charge is 0.0701 e. The zero-order valence-corrected chi connectivity index (χ0v) is 13.6. The minimum absolute atomic E-state index is 0.953. The van der Waals surface area contributed by atoms with Crippen molar-refractivity contribution in [3.63, 3.8) is 0 Å². The van der Waals surface area contributed by atoms with Crippen LogP contribution >= 0.6 is 27.3 Å². The van der Waals surface area contributed by atoms with Crippen LogP contribution in [0.3, 0.4) is 0 Å². The summed E-state index contributed by atoms with van der Waals surface area (Å²) in [6.45, 7) is 3.06. The number of hydrogen-bond donors (Lipinski definition) is 1. The molecule has 2 aromatic heterocycles. The number of para-hydroxylation sites is 1. The first-order valence-corrected chi connectivity index (χ1v) is 8.48. The Morgan fingerprint density at radius 2 is 2.10 bits per heavy atom. The van der Waals surface area contributed by atoms with Gasteiger partial charge in [-0.05, 0) is 63.4 Å². The lowest BCUT2D eigenvalue weighted by atomic mass is 10.2. The van der Waals surface area contributed by atoms with E-state index in [2.05, 4.69) is 73.8 Å². The molecule has 0 amide bonds. The Bertz CT molecular complexity index is 686. The third-order valence-corrected chi connectivity index (χ3v) is 4.94. The Hall–Kier alpha value is -1.10. The molecule has 1 aromatic carbocycles. The van der Waals surface area contributed by atoms with Gasteiger partial charge in [0, 0.05) is 24.8 Å². The van der Waals surface area contributed by atoms with Crippen molar-refractivity contribution < 1.29 is 0 Å². The van der Waals surface area contributed by atoms with E-state index in [0.717, 1.165) is 26.1 Å². The van der Waals surface area contributed by atoms with Gasteiger partial charge in [-0.2, -0.15) is 0 Å². The summed E-state index contributed by atoms with van der Waals surface area (Å²) in [4.78, 5) is 0. The molecule has 0 bridgehead atoms. The molecule has 0 aliphatic rings. The van der Waals surface area contributed by atoms with E-state index < -0.39 is 0 Å². The number of rotatable bonds is 6. The van der Waals surface area contributed by atoms with Crippen molar-refractivity contribution in [2.45, 2.75) is 19.5 Å². The molecule has 3 aromatic rings. The van der Waals surface area contributed by atoms with E-state index in [-0.39, 0.29) is 0 Å².